The highest BCUT2D eigenvalue weighted by atomic mass is 32.1. The molecule has 21 heavy (non-hydrogen) atoms. The van der Waals surface area contributed by atoms with Crippen molar-refractivity contribution in [2.24, 2.45) is 5.92 Å². The topological polar surface area (TPSA) is 78.9 Å². The molecule has 0 saturated heterocycles. The van der Waals surface area contributed by atoms with Crippen LogP contribution in [0.15, 0.2) is 0 Å². The van der Waals surface area contributed by atoms with Gasteiger partial charge in [0.2, 0.25) is 0 Å². The van der Waals surface area contributed by atoms with Gasteiger partial charge in [-0.15, -0.1) is 11.3 Å². The van der Waals surface area contributed by atoms with E-state index in [0.29, 0.717) is 0 Å². The molecule has 0 radical (unpaired) electrons. The first-order valence-corrected chi connectivity index (χ1v) is 7.16. The number of nitrogens with one attached hydrogen (secondary N) is 1. The molecule has 1 aromatic rings. The molecule has 2 rings (SSSR count). The first kappa shape index (κ1) is 15.6. The van der Waals surface area contributed by atoms with Crippen molar-refractivity contribution in [1.29, 1.82) is 5.26 Å². The molecule has 1 aliphatic carbocycles. The summed E-state index contributed by atoms with van der Waals surface area (Å²) in [6, 6.07) is 1.78. The van der Waals surface area contributed by atoms with Gasteiger partial charge >= 0.3 is 6.18 Å². The third-order valence-corrected chi connectivity index (χ3v) is 4.59. The van der Waals surface area contributed by atoms with Gasteiger partial charge in [0, 0.05) is 5.92 Å². The second kappa shape index (κ2) is 4.91. The Morgan fingerprint density at radius 2 is 2.05 bits per heavy atom. The molecule has 0 unspecified atom stereocenters. The molecule has 1 fully saturated rings. The number of halogens is 3. The fourth-order valence-electron chi connectivity index (χ4n) is 1.91. The lowest BCUT2D eigenvalue weighted by atomic mass is 10.1. The highest BCUT2D eigenvalue weighted by Gasteiger charge is 2.64. The van der Waals surface area contributed by atoms with Gasteiger partial charge in [-0.3, -0.25) is 4.79 Å². The van der Waals surface area contributed by atoms with Crippen LogP contribution in [0, 0.1) is 17.2 Å². The summed E-state index contributed by atoms with van der Waals surface area (Å²) in [4.78, 5) is 12.1. The number of hydrogen-bond acceptors (Lipinski definition) is 5. The second-order valence-corrected chi connectivity index (χ2v) is 6.41. The lowest BCUT2D eigenvalue weighted by molar-refractivity contribution is -0.151. The Morgan fingerprint density at radius 1 is 1.48 bits per heavy atom. The standard InChI is InChI=1S/C13H14F3N3OS/c1-6(2)9(20)10-8(18)7(5-17)11(21-10)19-12(3-4-12)13(14,15)16/h6,19H,3-4,18H2,1-2H3. The van der Waals surface area contributed by atoms with Crippen molar-refractivity contribution in [3.05, 3.63) is 10.4 Å². The molecule has 1 saturated carbocycles. The third-order valence-electron chi connectivity index (χ3n) is 3.45. The number of rotatable bonds is 4. The van der Waals surface area contributed by atoms with E-state index in [1.54, 1.807) is 19.9 Å². The number of carbonyl (C=O) groups is 1. The third kappa shape index (κ3) is 2.58. The summed E-state index contributed by atoms with van der Waals surface area (Å²) in [5, 5.41) is 11.5. The van der Waals surface area contributed by atoms with Crippen molar-refractivity contribution in [3.63, 3.8) is 0 Å². The van der Waals surface area contributed by atoms with E-state index in [0.717, 1.165) is 11.3 Å². The van der Waals surface area contributed by atoms with Crippen molar-refractivity contribution in [2.45, 2.75) is 38.4 Å². The summed E-state index contributed by atoms with van der Waals surface area (Å²) in [5.41, 5.74) is 3.63. The van der Waals surface area contributed by atoms with Gasteiger partial charge in [0.25, 0.3) is 0 Å². The van der Waals surface area contributed by atoms with Crippen LogP contribution in [0.2, 0.25) is 0 Å². The van der Waals surface area contributed by atoms with E-state index in [9.17, 15) is 18.0 Å². The Morgan fingerprint density at radius 3 is 2.43 bits per heavy atom. The van der Waals surface area contributed by atoms with Crippen molar-refractivity contribution >= 4 is 27.8 Å². The minimum atomic E-state index is -4.40. The monoisotopic (exact) mass is 317 g/mol. The van der Waals surface area contributed by atoms with Crippen LogP contribution in [0.25, 0.3) is 0 Å². The highest BCUT2D eigenvalue weighted by molar-refractivity contribution is 7.19. The van der Waals surface area contributed by atoms with Crippen LogP contribution in [0.4, 0.5) is 23.9 Å². The Kier molecular flexibility index (Phi) is 3.66. The minimum absolute atomic E-state index is 0.0221. The number of Topliss-reactive ketones (excluding diaryl/α,β-unsaturated/α-hetero) is 1. The molecule has 3 N–H and O–H groups in total. The van der Waals surface area contributed by atoms with Gasteiger partial charge in [-0.1, -0.05) is 13.8 Å². The zero-order valence-electron chi connectivity index (χ0n) is 11.5. The van der Waals surface area contributed by atoms with E-state index < -0.39 is 11.7 Å². The summed E-state index contributed by atoms with van der Waals surface area (Å²) in [5.74, 6) is -0.623. The maximum absolute atomic E-state index is 13.0. The quantitative estimate of drug-likeness (QED) is 0.832. The number of thiophene rings is 1. The molecule has 0 aliphatic heterocycles. The minimum Gasteiger partial charge on any atom is -0.396 e. The SMILES string of the molecule is CC(C)C(=O)c1sc(NC2(C(F)(F)F)CC2)c(C#N)c1N. The molecular weight excluding hydrogens is 303 g/mol. The summed E-state index contributed by atoms with van der Waals surface area (Å²) < 4.78 is 38.9. The van der Waals surface area contributed by atoms with Crippen LogP contribution in [0.5, 0.6) is 0 Å². The van der Waals surface area contributed by atoms with Crippen LogP contribution < -0.4 is 11.1 Å². The first-order chi connectivity index (χ1) is 9.63. The summed E-state index contributed by atoms with van der Waals surface area (Å²) >= 11 is 0.822. The van der Waals surface area contributed by atoms with Gasteiger partial charge in [-0.2, -0.15) is 18.4 Å². The Bertz CT molecular complexity index is 624. The molecule has 0 spiro atoms. The molecule has 1 aliphatic rings. The van der Waals surface area contributed by atoms with E-state index >= 15 is 0 Å². The molecule has 0 amide bonds. The van der Waals surface area contributed by atoms with Gasteiger partial charge in [-0.25, -0.2) is 0 Å². The van der Waals surface area contributed by atoms with Gasteiger partial charge in [0.1, 0.15) is 22.2 Å². The summed E-state index contributed by atoms with van der Waals surface area (Å²) in [6.07, 6.45) is -4.50. The van der Waals surface area contributed by atoms with Crippen LogP contribution in [-0.2, 0) is 0 Å². The van der Waals surface area contributed by atoms with Crippen molar-refractivity contribution in [2.75, 3.05) is 11.1 Å². The van der Waals surface area contributed by atoms with Gasteiger partial charge in [0.05, 0.1) is 10.6 Å². The first-order valence-electron chi connectivity index (χ1n) is 6.34. The number of hydrogen-bond donors (Lipinski definition) is 2. The predicted octanol–water partition coefficient (Wildman–Crippen LogP) is 3.55. The smallest absolute Gasteiger partial charge is 0.396 e. The maximum atomic E-state index is 13.0. The van der Waals surface area contributed by atoms with E-state index in [2.05, 4.69) is 5.32 Å². The fourth-order valence-corrected chi connectivity index (χ4v) is 3.17. The predicted molar refractivity (Wildman–Crippen MR) is 74.3 cm³/mol. The van der Waals surface area contributed by atoms with Crippen molar-refractivity contribution < 1.29 is 18.0 Å². The van der Waals surface area contributed by atoms with Crippen LogP contribution in [-0.4, -0.2) is 17.5 Å². The fraction of sp³-hybridized carbons (Fsp3) is 0.538. The number of nitrogen functional groups attached to an aromatic ring is 1. The Labute approximate surface area is 123 Å². The van der Waals surface area contributed by atoms with E-state index in [1.807, 2.05) is 0 Å². The number of alkyl halides is 3. The number of nitrogens with two attached hydrogens (primary N) is 1. The average Bonchev–Trinajstić information content (AvgIpc) is 3.09. The van der Waals surface area contributed by atoms with Crippen molar-refractivity contribution in [3.8, 4) is 6.07 Å². The molecule has 1 aromatic heterocycles. The van der Waals surface area contributed by atoms with Gasteiger partial charge in [-0.05, 0) is 12.8 Å². The molecule has 1 heterocycles. The zero-order valence-corrected chi connectivity index (χ0v) is 12.3. The second-order valence-electron chi connectivity index (χ2n) is 5.38. The lowest BCUT2D eigenvalue weighted by Crippen LogP contribution is -2.38. The zero-order chi connectivity index (χ0) is 16.0. The molecule has 8 heteroatoms. The van der Waals surface area contributed by atoms with Crippen LogP contribution >= 0.6 is 11.3 Å². The van der Waals surface area contributed by atoms with E-state index in [-0.39, 0.29) is 45.7 Å². The number of nitriles is 1. The average molecular weight is 317 g/mol. The van der Waals surface area contributed by atoms with Gasteiger partial charge in [0.15, 0.2) is 5.78 Å². The number of carbonyl (C=O) groups excluding carboxylic acids is 1. The molecule has 0 bridgehead atoms. The molecule has 114 valence electrons. The molecule has 0 aromatic carbocycles. The molecule has 0 atom stereocenters. The number of nitrogens with zero attached hydrogens (tertiary/aromatic N) is 1. The van der Waals surface area contributed by atoms with E-state index in [1.165, 1.54) is 0 Å². The summed E-state index contributed by atoms with van der Waals surface area (Å²) in [7, 11) is 0. The Hall–Kier alpha value is -1.75. The van der Waals surface area contributed by atoms with Gasteiger partial charge < -0.3 is 11.1 Å². The normalized spacial score (nSPS) is 16.6. The highest BCUT2D eigenvalue weighted by Crippen LogP contribution is 2.53. The van der Waals surface area contributed by atoms with E-state index in [4.69, 9.17) is 11.0 Å². The van der Waals surface area contributed by atoms with Crippen LogP contribution in [0.1, 0.15) is 41.9 Å². The maximum Gasteiger partial charge on any atom is 0.411 e. The molecule has 4 nitrogen and oxygen atoms in total. The summed E-state index contributed by atoms with van der Waals surface area (Å²) in [6.45, 7) is 3.33. The lowest BCUT2D eigenvalue weighted by Gasteiger charge is -2.21. The van der Waals surface area contributed by atoms with Crippen molar-refractivity contribution in [1.82, 2.24) is 0 Å². The largest absolute Gasteiger partial charge is 0.411 e. The molecular formula is C13H14F3N3OS. The number of ketones is 1. The Balaban J connectivity index is 2.40. The number of anilines is 2. The van der Waals surface area contributed by atoms with Crippen LogP contribution in [0.3, 0.4) is 0 Å².